The number of hydrogen-bond acceptors (Lipinski definition) is 5. The fourth-order valence-electron chi connectivity index (χ4n) is 4.75. The number of nitrogens with one attached hydrogen (secondary N) is 1. The first-order valence-electron chi connectivity index (χ1n) is 12.9. The summed E-state index contributed by atoms with van der Waals surface area (Å²) in [6, 6.07) is 26.6. The van der Waals surface area contributed by atoms with Crippen LogP contribution in [0.5, 0.6) is 0 Å². The molecule has 0 aliphatic rings. The standard InChI is InChI=1S/C33H26N2O4/c1-4-21-12-16-28-27(17-21)35-32(38-28)23-15-11-20(3)26(18-23)34-31(36)30-29(22-13-9-19(2)10-14-22)24-7-5-6-8-25(24)33(37)39-30/h5-18H,4H2,1-3H3,(H,34,36). The van der Waals surface area contributed by atoms with Crippen LogP contribution in [0.15, 0.2) is 98.6 Å². The molecule has 0 fully saturated rings. The molecule has 39 heavy (non-hydrogen) atoms. The van der Waals surface area contributed by atoms with Crippen LogP contribution < -0.4 is 10.9 Å². The van der Waals surface area contributed by atoms with Crippen LogP contribution in [0, 0.1) is 13.8 Å². The van der Waals surface area contributed by atoms with Gasteiger partial charge in [-0.15, -0.1) is 0 Å². The van der Waals surface area contributed by atoms with Crippen molar-refractivity contribution in [3.05, 3.63) is 118 Å². The molecular formula is C33H26N2O4. The van der Waals surface area contributed by atoms with Gasteiger partial charge >= 0.3 is 5.63 Å². The molecule has 0 aliphatic carbocycles. The summed E-state index contributed by atoms with van der Waals surface area (Å²) in [5.41, 5.74) is 6.70. The van der Waals surface area contributed by atoms with Crippen molar-refractivity contribution in [2.75, 3.05) is 5.32 Å². The number of hydrogen-bond donors (Lipinski definition) is 1. The van der Waals surface area contributed by atoms with E-state index in [4.69, 9.17) is 8.83 Å². The van der Waals surface area contributed by atoms with E-state index in [0.717, 1.165) is 34.2 Å². The summed E-state index contributed by atoms with van der Waals surface area (Å²) in [6.45, 7) is 5.99. The normalized spacial score (nSPS) is 11.3. The molecule has 4 aromatic carbocycles. The summed E-state index contributed by atoms with van der Waals surface area (Å²) in [5, 5.41) is 4.04. The summed E-state index contributed by atoms with van der Waals surface area (Å²) in [6.07, 6.45) is 0.911. The lowest BCUT2D eigenvalue weighted by molar-refractivity contribution is 0.0994. The zero-order valence-electron chi connectivity index (χ0n) is 21.9. The Morgan fingerprint density at radius 2 is 1.59 bits per heavy atom. The zero-order chi connectivity index (χ0) is 27.1. The minimum Gasteiger partial charge on any atom is -0.436 e. The molecule has 6 nitrogen and oxygen atoms in total. The van der Waals surface area contributed by atoms with E-state index in [1.165, 1.54) is 5.56 Å². The Morgan fingerprint density at radius 3 is 2.36 bits per heavy atom. The molecule has 0 bridgehead atoms. The largest absolute Gasteiger partial charge is 0.436 e. The van der Waals surface area contributed by atoms with E-state index in [2.05, 4.69) is 17.2 Å². The fourth-order valence-corrected chi connectivity index (χ4v) is 4.75. The van der Waals surface area contributed by atoms with E-state index in [0.29, 0.717) is 33.5 Å². The molecule has 2 heterocycles. The van der Waals surface area contributed by atoms with Crippen molar-refractivity contribution >= 4 is 33.5 Å². The van der Waals surface area contributed by atoms with Crippen LogP contribution in [0.25, 0.3) is 44.5 Å². The molecule has 6 heteroatoms. The van der Waals surface area contributed by atoms with Gasteiger partial charge in [-0.2, -0.15) is 0 Å². The average Bonchev–Trinajstić information content (AvgIpc) is 3.38. The average molecular weight is 515 g/mol. The monoisotopic (exact) mass is 514 g/mol. The molecule has 1 amide bonds. The molecule has 192 valence electrons. The molecule has 0 radical (unpaired) electrons. The highest BCUT2D eigenvalue weighted by Gasteiger charge is 2.22. The topological polar surface area (TPSA) is 85.3 Å². The quantitative estimate of drug-likeness (QED) is 0.255. The summed E-state index contributed by atoms with van der Waals surface area (Å²) in [4.78, 5) is 31.2. The maximum atomic E-state index is 13.7. The third kappa shape index (κ3) is 4.50. The van der Waals surface area contributed by atoms with Crippen LogP contribution in [-0.2, 0) is 6.42 Å². The Balaban J connectivity index is 1.42. The Morgan fingerprint density at radius 1 is 0.846 bits per heavy atom. The summed E-state index contributed by atoms with van der Waals surface area (Å²) >= 11 is 0. The number of amides is 1. The Labute approximate surface area is 224 Å². The lowest BCUT2D eigenvalue weighted by Crippen LogP contribution is -2.17. The van der Waals surface area contributed by atoms with E-state index in [1.54, 1.807) is 12.1 Å². The van der Waals surface area contributed by atoms with Gasteiger partial charge in [-0.3, -0.25) is 4.79 Å². The number of aromatic nitrogens is 1. The van der Waals surface area contributed by atoms with Crippen LogP contribution in [0.2, 0.25) is 0 Å². The molecule has 0 unspecified atom stereocenters. The van der Waals surface area contributed by atoms with Crippen LogP contribution in [0.4, 0.5) is 5.69 Å². The number of nitrogens with zero attached hydrogens (tertiary/aromatic N) is 1. The highest BCUT2D eigenvalue weighted by atomic mass is 16.4. The Hall–Kier alpha value is -4.97. The molecule has 1 N–H and O–H groups in total. The number of benzene rings is 4. The number of anilines is 1. The van der Waals surface area contributed by atoms with Crippen molar-refractivity contribution in [1.29, 1.82) is 0 Å². The number of oxazole rings is 1. The van der Waals surface area contributed by atoms with E-state index >= 15 is 0 Å². The van der Waals surface area contributed by atoms with E-state index in [9.17, 15) is 9.59 Å². The highest BCUT2D eigenvalue weighted by Crippen LogP contribution is 2.33. The number of fused-ring (bicyclic) bond motifs is 2. The molecule has 0 aliphatic heterocycles. The van der Waals surface area contributed by atoms with Gasteiger partial charge in [-0.25, -0.2) is 9.78 Å². The van der Waals surface area contributed by atoms with Gasteiger partial charge in [0.25, 0.3) is 5.91 Å². The first-order chi connectivity index (χ1) is 18.9. The lowest BCUT2D eigenvalue weighted by atomic mass is 9.97. The molecule has 0 spiro atoms. The van der Waals surface area contributed by atoms with Gasteiger partial charge < -0.3 is 14.2 Å². The smallest absolute Gasteiger partial charge is 0.344 e. The maximum Gasteiger partial charge on any atom is 0.344 e. The van der Waals surface area contributed by atoms with Gasteiger partial charge in [0.05, 0.1) is 5.39 Å². The first kappa shape index (κ1) is 24.4. The minimum atomic E-state index is -0.560. The van der Waals surface area contributed by atoms with Crippen molar-refractivity contribution in [1.82, 2.24) is 4.98 Å². The van der Waals surface area contributed by atoms with Gasteiger partial charge in [0.15, 0.2) is 5.58 Å². The number of carbonyl (C=O) groups excluding carboxylic acids is 1. The van der Waals surface area contributed by atoms with Gasteiger partial charge in [0.1, 0.15) is 5.52 Å². The van der Waals surface area contributed by atoms with Crippen molar-refractivity contribution in [3.8, 4) is 22.6 Å². The van der Waals surface area contributed by atoms with E-state index in [1.807, 2.05) is 86.6 Å². The first-order valence-corrected chi connectivity index (χ1v) is 12.9. The number of aryl methyl sites for hydroxylation is 3. The number of rotatable bonds is 5. The molecule has 2 aromatic heterocycles. The Kier molecular flexibility index (Phi) is 6.08. The highest BCUT2D eigenvalue weighted by molar-refractivity contribution is 6.12. The Bertz CT molecular complexity index is 1930. The van der Waals surface area contributed by atoms with Crippen LogP contribution >= 0.6 is 0 Å². The van der Waals surface area contributed by atoms with Crippen LogP contribution in [0.1, 0.15) is 34.2 Å². The van der Waals surface area contributed by atoms with Crippen molar-refractivity contribution in [3.63, 3.8) is 0 Å². The molecule has 6 aromatic rings. The van der Waals surface area contributed by atoms with Crippen molar-refractivity contribution < 1.29 is 13.6 Å². The van der Waals surface area contributed by atoms with Gasteiger partial charge in [0, 0.05) is 22.2 Å². The van der Waals surface area contributed by atoms with Gasteiger partial charge in [-0.05, 0) is 67.3 Å². The summed E-state index contributed by atoms with van der Waals surface area (Å²) in [7, 11) is 0. The van der Waals surface area contributed by atoms with Crippen LogP contribution in [-0.4, -0.2) is 10.9 Å². The van der Waals surface area contributed by atoms with E-state index < -0.39 is 11.5 Å². The molecule has 0 saturated carbocycles. The third-order valence-corrected chi connectivity index (χ3v) is 6.98. The van der Waals surface area contributed by atoms with Crippen molar-refractivity contribution in [2.45, 2.75) is 27.2 Å². The molecule has 6 rings (SSSR count). The summed E-state index contributed by atoms with van der Waals surface area (Å²) < 4.78 is 11.7. The second-order valence-corrected chi connectivity index (χ2v) is 9.66. The third-order valence-electron chi connectivity index (χ3n) is 6.98. The fraction of sp³-hybridized carbons (Fsp3) is 0.121. The summed E-state index contributed by atoms with van der Waals surface area (Å²) in [5.74, 6) is -0.0912. The zero-order valence-corrected chi connectivity index (χ0v) is 21.9. The molecular weight excluding hydrogens is 488 g/mol. The maximum absolute atomic E-state index is 13.7. The SMILES string of the molecule is CCc1ccc2oc(-c3ccc(C)c(NC(=O)c4oc(=O)c5ccccc5c4-c4ccc(C)cc4)c3)nc2c1. The second-order valence-electron chi connectivity index (χ2n) is 9.66. The number of carbonyl (C=O) groups is 1. The predicted molar refractivity (Wildman–Crippen MR) is 154 cm³/mol. The van der Waals surface area contributed by atoms with E-state index in [-0.39, 0.29) is 5.76 Å². The van der Waals surface area contributed by atoms with Gasteiger partial charge in [0.2, 0.25) is 11.7 Å². The second kappa shape index (κ2) is 9.72. The lowest BCUT2D eigenvalue weighted by Gasteiger charge is -2.14. The molecule has 0 saturated heterocycles. The minimum absolute atomic E-state index is 0.0405. The predicted octanol–water partition coefficient (Wildman–Crippen LogP) is 7.70. The van der Waals surface area contributed by atoms with Gasteiger partial charge in [-0.1, -0.05) is 67.1 Å². The van der Waals surface area contributed by atoms with Crippen LogP contribution in [0.3, 0.4) is 0 Å². The van der Waals surface area contributed by atoms with Crippen molar-refractivity contribution in [2.24, 2.45) is 0 Å². The molecule has 0 atom stereocenters.